The van der Waals surface area contributed by atoms with Crippen LogP contribution >= 0.6 is 23.1 Å². The van der Waals surface area contributed by atoms with E-state index < -0.39 is 0 Å². The van der Waals surface area contributed by atoms with E-state index >= 15 is 0 Å². The zero-order chi connectivity index (χ0) is 22.8. The van der Waals surface area contributed by atoms with Gasteiger partial charge in [-0.1, -0.05) is 23.9 Å². The van der Waals surface area contributed by atoms with Gasteiger partial charge in [-0.3, -0.25) is 15.1 Å². The number of hydrogen-bond donors (Lipinski definition) is 2. The monoisotopic (exact) mass is 476 g/mol. The van der Waals surface area contributed by atoms with Gasteiger partial charge in [0.25, 0.3) is 5.56 Å². The average Bonchev–Trinajstić information content (AvgIpc) is 3.21. The van der Waals surface area contributed by atoms with Crippen molar-refractivity contribution in [2.75, 3.05) is 11.9 Å². The van der Waals surface area contributed by atoms with Gasteiger partial charge in [-0.2, -0.15) is 0 Å². The standard InChI is InChI=1S/C23H20N6O2S2/c1-3-31-15-8-9-17-16(11-15)13(2)24-21(26-17)29-22-25-14(10-20(30)28-22)12-32-23-27-18-6-4-5-7-19(18)33-23/h4-11H,3,12H2,1-2H3,(H2,24,25,26,28,29,30). The van der Waals surface area contributed by atoms with Gasteiger partial charge in [0.2, 0.25) is 11.9 Å². The molecule has 0 aliphatic heterocycles. The molecule has 3 heterocycles. The minimum absolute atomic E-state index is 0.244. The molecule has 166 valence electrons. The number of aromatic nitrogens is 5. The Morgan fingerprint density at radius 3 is 2.79 bits per heavy atom. The predicted octanol–water partition coefficient (Wildman–Crippen LogP) is 5.07. The molecular formula is C23H20N6O2S2. The number of aromatic amines is 1. The Kier molecular flexibility index (Phi) is 5.93. The molecule has 33 heavy (non-hydrogen) atoms. The van der Waals surface area contributed by atoms with Crippen LogP contribution in [0.4, 0.5) is 11.9 Å². The number of benzene rings is 2. The minimum atomic E-state index is -0.244. The Bertz CT molecular complexity index is 1480. The van der Waals surface area contributed by atoms with Crippen LogP contribution in [-0.4, -0.2) is 31.5 Å². The van der Waals surface area contributed by atoms with E-state index in [9.17, 15) is 4.79 Å². The van der Waals surface area contributed by atoms with Crippen molar-refractivity contribution in [1.29, 1.82) is 0 Å². The fraction of sp³-hybridized carbons (Fsp3) is 0.174. The molecule has 10 heteroatoms. The molecular weight excluding hydrogens is 456 g/mol. The smallest absolute Gasteiger partial charge is 0.252 e. The number of nitrogens with zero attached hydrogens (tertiary/aromatic N) is 4. The Labute approximate surface area is 197 Å². The lowest BCUT2D eigenvalue weighted by molar-refractivity contribution is 0.340. The first-order valence-corrected chi connectivity index (χ1v) is 12.1. The molecule has 0 saturated carbocycles. The van der Waals surface area contributed by atoms with Crippen LogP contribution in [-0.2, 0) is 5.75 Å². The van der Waals surface area contributed by atoms with Crippen LogP contribution in [0.15, 0.2) is 57.7 Å². The summed E-state index contributed by atoms with van der Waals surface area (Å²) in [4.78, 5) is 33.2. The molecule has 2 N–H and O–H groups in total. The summed E-state index contributed by atoms with van der Waals surface area (Å²) in [5.74, 6) is 1.97. The summed E-state index contributed by atoms with van der Waals surface area (Å²) in [6, 6.07) is 15.2. The number of thioether (sulfide) groups is 1. The second-order valence-corrected chi connectivity index (χ2v) is 9.44. The van der Waals surface area contributed by atoms with Gasteiger partial charge in [0.1, 0.15) is 5.75 Å². The number of nitrogens with one attached hydrogen (secondary N) is 2. The summed E-state index contributed by atoms with van der Waals surface area (Å²) >= 11 is 3.18. The van der Waals surface area contributed by atoms with Crippen molar-refractivity contribution in [2.24, 2.45) is 0 Å². The molecule has 3 aromatic heterocycles. The lowest BCUT2D eigenvalue weighted by atomic mass is 10.2. The van der Waals surface area contributed by atoms with Gasteiger partial charge < -0.3 is 4.74 Å². The summed E-state index contributed by atoms with van der Waals surface area (Å²) in [5, 5.41) is 3.95. The topological polar surface area (TPSA) is 106 Å². The molecule has 5 rings (SSSR count). The lowest BCUT2D eigenvalue weighted by Crippen LogP contribution is -2.13. The maximum atomic E-state index is 12.2. The van der Waals surface area contributed by atoms with E-state index in [1.165, 1.54) is 6.07 Å². The summed E-state index contributed by atoms with van der Waals surface area (Å²) in [6.07, 6.45) is 0. The van der Waals surface area contributed by atoms with E-state index in [0.29, 0.717) is 30.0 Å². The zero-order valence-corrected chi connectivity index (χ0v) is 19.6. The van der Waals surface area contributed by atoms with Gasteiger partial charge in [-0.25, -0.2) is 19.9 Å². The summed E-state index contributed by atoms with van der Waals surface area (Å²) in [7, 11) is 0. The Morgan fingerprint density at radius 1 is 1.06 bits per heavy atom. The maximum Gasteiger partial charge on any atom is 0.252 e. The predicted molar refractivity (Wildman–Crippen MR) is 133 cm³/mol. The molecule has 8 nitrogen and oxygen atoms in total. The highest BCUT2D eigenvalue weighted by Crippen LogP contribution is 2.31. The number of rotatable bonds is 7. The highest BCUT2D eigenvalue weighted by Gasteiger charge is 2.10. The number of ether oxygens (including phenoxy) is 1. The van der Waals surface area contributed by atoms with E-state index in [1.807, 2.05) is 56.3 Å². The van der Waals surface area contributed by atoms with Crippen LogP contribution in [0.5, 0.6) is 5.75 Å². The first-order chi connectivity index (χ1) is 16.1. The van der Waals surface area contributed by atoms with Crippen molar-refractivity contribution in [3.63, 3.8) is 0 Å². The molecule has 0 saturated heterocycles. The minimum Gasteiger partial charge on any atom is -0.494 e. The maximum absolute atomic E-state index is 12.2. The number of para-hydroxylation sites is 1. The lowest BCUT2D eigenvalue weighted by Gasteiger charge is -2.09. The van der Waals surface area contributed by atoms with E-state index in [1.54, 1.807) is 23.1 Å². The molecule has 0 aliphatic rings. The molecule has 0 atom stereocenters. The first-order valence-electron chi connectivity index (χ1n) is 10.3. The van der Waals surface area contributed by atoms with Gasteiger partial charge in [-0.15, -0.1) is 11.3 Å². The normalized spacial score (nSPS) is 11.2. The number of aryl methyl sites for hydroxylation is 1. The Balaban J connectivity index is 1.36. The van der Waals surface area contributed by atoms with Crippen molar-refractivity contribution in [2.45, 2.75) is 23.9 Å². The highest BCUT2D eigenvalue weighted by atomic mass is 32.2. The van der Waals surface area contributed by atoms with Crippen molar-refractivity contribution in [3.05, 3.63) is 70.3 Å². The molecule has 0 amide bonds. The van der Waals surface area contributed by atoms with Gasteiger partial charge in [0.15, 0.2) is 4.34 Å². The van der Waals surface area contributed by atoms with E-state index in [2.05, 4.69) is 30.2 Å². The molecule has 0 bridgehead atoms. The second kappa shape index (κ2) is 9.16. The second-order valence-electron chi connectivity index (χ2n) is 7.19. The number of hydrogen-bond acceptors (Lipinski definition) is 9. The first kappa shape index (κ1) is 21.4. The SMILES string of the molecule is CCOc1ccc2nc(Nc3nc(CSc4nc5ccccc5s4)cc(=O)[nH]3)nc(C)c2c1. The number of fused-ring (bicyclic) bond motifs is 2. The Hall–Kier alpha value is -3.50. The van der Waals surface area contributed by atoms with Gasteiger partial charge in [-0.05, 0) is 44.2 Å². The molecule has 0 fully saturated rings. The molecule has 0 aliphatic carbocycles. The third-order valence-electron chi connectivity index (χ3n) is 4.81. The van der Waals surface area contributed by atoms with Crippen LogP contribution in [0.1, 0.15) is 18.3 Å². The van der Waals surface area contributed by atoms with E-state index in [-0.39, 0.29) is 5.56 Å². The summed E-state index contributed by atoms with van der Waals surface area (Å²) in [6.45, 7) is 4.45. The quantitative estimate of drug-likeness (QED) is 0.314. The van der Waals surface area contributed by atoms with Crippen LogP contribution in [0, 0.1) is 6.92 Å². The Morgan fingerprint density at radius 2 is 1.94 bits per heavy atom. The van der Waals surface area contributed by atoms with Gasteiger partial charge in [0, 0.05) is 17.2 Å². The van der Waals surface area contributed by atoms with E-state index in [0.717, 1.165) is 36.9 Å². The molecule has 0 spiro atoms. The van der Waals surface area contributed by atoms with Crippen LogP contribution in [0.3, 0.4) is 0 Å². The fourth-order valence-corrected chi connectivity index (χ4v) is 5.33. The van der Waals surface area contributed by atoms with Crippen LogP contribution < -0.4 is 15.6 Å². The number of anilines is 2. The molecule has 0 radical (unpaired) electrons. The van der Waals surface area contributed by atoms with Crippen molar-refractivity contribution in [3.8, 4) is 5.75 Å². The average molecular weight is 477 g/mol. The van der Waals surface area contributed by atoms with E-state index in [4.69, 9.17) is 4.74 Å². The van der Waals surface area contributed by atoms with Crippen molar-refractivity contribution in [1.82, 2.24) is 24.9 Å². The van der Waals surface area contributed by atoms with Gasteiger partial charge >= 0.3 is 0 Å². The third-order valence-corrected chi connectivity index (χ3v) is 7.02. The van der Waals surface area contributed by atoms with Crippen molar-refractivity contribution < 1.29 is 4.74 Å². The highest BCUT2D eigenvalue weighted by molar-refractivity contribution is 8.00. The number of thiazole rings is 1. The number of H-pyrrole nitrogens is 1. The largest absolute Gasteiger partial charge is 0.494 e. The fourth-order valence-electron chi connectivity index (χ4n) is 3.37. The molecule has 2 aromatic carbocycles. The summed E-state index contributed by atoms with van der Waals surface area (Å²) in [5.41, 5.74) is 2.95. The molecule has 0 unspecified atom stereocenters. The summed E-state index contributed by atoms with van der Waals surface area (Å²) < 4.78 is 7.64. The molecule has 5 aromatic rings. The van der Waals surface area contributed by atoms with Crippen molar-refractivity contribution >= 4 is 56.1 Å². The van der Waals surface area contributed by atoms with Crippen LogP contribution in [0.25, 0.3) is 21.1 Å². The third kappa shape index (κ3) is 4.81. The van der Waals surface area contributed by atoms with Gasteiger partial charge in [0.05, 0.1) is 33.7 Å². The zero-order valence-electron chi connectivity index (χ0n) is 18.0. The van der Waals surface area contributed by atoms with Crippen LogP contribution in [0.2, 0.25) is 0 Å².